The van der Waals surface area contributed by atoms with Gasteiger partial charge in [0.15, 0.2) is 5.82 Å². The number of aromatic nitrogens is 2. The van der Waals surface area contributed by atoms with E-state index in [2.05, 4.69) is 14.9 Å². The molecule has 0 bridgehead atoms. The Kier molecular flexibility index (Phi) is 4.91. The lowest BCUT2D eigenvalue weighted by molar-refractivity contribution is -0.137. The van der Waals surface area contributed by atoms with Gasteiger partial charge in [0, 0.05) is 36.8 Å². The van der Waals surface area contributed by atoms with Crippen molar-refractivity contribution >= 4 is 0 Å². The van der Waals surface area contributed by atoms with Crippen molar-refractivity contribution in [3.8, 4) is 11.4 Å². The molecule has 0 atom stereocenters. The van der Waals surface area contributed by atoms with Gasteiger partial charge in [0.1, 0.15) is 18.1 Å². The predicted molar refractivity (Wildman–Crippen MR) is 94.9 cm³/mol. The van der Waals surface area contributed by atoms with Crippen LogP contribution in [0.1, 0.15) is 28.3 Å². The second-order valence-corrected chi connectivity index (χ2v) is 6.73. The maximum Gasteiger partial charge on any atom is 0.416 e. The van der Waals surface area contributed by atoms with Crippen molar-refractivity contribution in [2.45, 2.75) is 32.3 Å². The van der Waals surface area contributed by atoms with Crippen molar-refractivity contribution in [2.75, 3.05) is 6.54 Å². The molecule has 1 aliphatic rings. The molecule has 0 saturated carbocycles. The molecule has 0 spiro atoms. The Hall–Kier alpha value is -2.71. The van der Waals surface area contributed by atoms with E-state index < -0.39 is 11.7 Å². The molecule has 1 aliphatic heterocycles. The van der Waals surface area contributed by atoms with Crippen LogP contribution in [0.4, 0.5) is 13.2 Å². The Labute approximate surface area is 159 Å². The molecule has 8 heteroatoms. The summed E-state index contributed by atoms with van der Waals surface area (Å²) in [7, 11) is 0. The fraction of sp³-hybridized carbons (Fsp3) is 0.300. The molecule has 0 fully saturated rings. The lowest BCUT2D eigenvalue weighted by Gasteiger charge is -2.27. The maximum atomic E-state index is 12.7. The molecule has 1 N–H and O–H groups in total. The van der Waals surface area contributed by atoms with Crippen LogP contribution in [-0.2, 0) is 32.3 Å². The molecule has 2 aromatic heterocycles. The van der Waals surface area contributed by atoms with Crippen LogP contribution in [0.2, 0.25) is 0 Å². The zero-order valence-corrected chi connectivity index (χ0v) is 14.9. The molecule has 3 aromatic rings. The van der Waals surface area contributed by atoms with Crippen molar-refractivity contribution in [1.82, 2.24) is 14.9 Å². The first-order valence-corrected chi connectivity index (χ1v) is 8.85. The lowest BCUT2D eigenvalue weighted by atomic mass is 10.1. The van der Waals surface area contributed by atoms with Gasteiger partial charge in [-0.15, -0.1) is 0 Å². The van der Waals surface area contributed by atoms with Gasteiger partial charge < -0.3 is 9.52 Å². The Balaban J connectivity index is 1.48. The van der Waals surface area contributed by atoms with Gasteiger partial charge in [-0.1, -0.05) is 12.1 Å². The number of halogens is 3. The van der Waals surface area contributed by atoms with E-state index in [1.807, 2.05) is 6.07 Å². The van der Waals surface area contributed by atoms with Gasteiger partial charge in [0.2, 0.25) is 0 Å². The maximum absolute atomic E-state index is 12.7. The summed E-state index contributed by atoms with van der Waals surface area (Å²) in [5.74, 6) is 1.76. The monoisotopic (exact) mass is 389 g/mol. The van der Waals surface area contributed by atoms with E-state index in [1.165, 1.54) is 12.1 Å². The average molecular weight is 389 g/mol. The van der Waals surface area contributed by atoms with Crippen LogP contribution in [-0.4, -0.2) is 26.5 Å². The summed E-state index contributed by atoms with van der Waals surface area (Å²) in [6.07, 6.45) is -1.90. The third-order valence-corrected chi connectivity index (χ3v) is 4.74. The fourth-order valence-electron chi connectivity index (χ4n) is 3.27. The molecule has 5 nitrogen and oxygen atoms in total. The van der Waals surface area contributed by atoms with E-state index in [-0.39, 0.29) is 6.61 Å². The Bertz CT molecular complexity index is 968. The summed E-state index contributed by atoms with van der Waals surface area (Å²) in [6, 6.07) is 8.50. The van der Waals surface area contributed by atoms with Gasteiger partial charge >= 0.3 is 6.18 Å². The highest BCUT2D eigenvalue weighted by Crippen LogP contribution is 2.30. The molecule has 146 valence electrons. The minimum Gasteiger partial charge on any atom is -0.462 e. The van der Waals surface area contributed by atoms with Gasteiger partial charge in [-0.2, -0.15) is 13.2 Å². The predicted octanol–water partition coefficient (Wildman–Crippen LogP) is 3.81. The van der Waals surface area contributed by atoms with Crippen LogP contribution in [0.3, 0.4) is 0 Å². The molecular weight excluding hydrogens is 371 g/mol. The van der Waals surface area contributed by atoms with Crippen molar-refractivity contribution in [1.29, 1.82) is 0 Å². The standard InChI is InChI=1S/C20H18F3N3O2/c21-20(22,23)15-3-1-13(2-4-15)19-24-9-14-10-26(8-7-18(14)25-19)11-16-5-6-17(12-27)28-16/h1-6,9,27H,7-8,10-12H2. The van der Waals surface area contributed by atoms with E-state index in [9.17, 15) is 13.2 Å². The third-order valence-electron chi connectivity index (χ3n) is 4.74. The largest absolute Gasteiger partial charge is 0.462 e. The fourth-order valence-corrected chi connectivity index (χ4v) is 3.27. The minimum atomic E-state index is -4.36. The Morgan fingerprint density at radius 3 is 2.50 bits per heavy atom. The number of fused-ring (bicyclic) bond motifs is 1. The van der Waals surface area contributed by atoms with E-state index in [4.69, 9.17) is 9.52 Å². The summed E-state index contributed by atoms with van der Waals surface area (Å²) < 4.78 is 43.7. The number of hydrogen-bond donors (Lipinski definition) is 1. The Morgan fingerprint density at radius 1 is 1.07 bits per heavy atom. The molecular formula is C20H18F3N3O2. The molecule has 0 aliphatic carbocycles. The number of rotatable bonds is 4. The molecule has 0 amide bonds. The first-order valence-electron chi connectivity index (χ1n) is 8.85. The van der Waals surface area contributed by atoms with Gasteiger partial charge in [0.05, 0.1) is 17.8 Å². The number of aliphatic hydroxyl groups excluding tert-OH is 1. The van der Waals surface area contributed by atoms with E-state index in [0.29, 0.717) is 30.2 Å². The summed E-state index contributed by atoms with van der Waals surface area (Å²) in [6.45, 7) is 1.95. The number of nitrogens with zero attached hydrogens (tertiary/aromatic N) is 3. The number of benzene rings is 1. The van der Waals surface area contributed by atoms with Gasteiger partial charge in [0.25, 0.3) is 0 Å². The normalized spacial score (nSPS) is 14.9. The topological polar surface area (TPSA) is 62.4 Å². The minimum absolute atomic E-state index is 0.122. The summed E-state index contributed by atoms with van der Waals surface area (Å²) >= 11 is 0. The molecule has 28 heavy (non-hydrogen) atoms. The van der Waals surface area contributed by atoms with Crippen LogP contribution in [0.15, 0.2) is 47.0 Å². The summed E-state index contributed by atoms with van der Waals surface area (Å²) in [4.78, 5) is 11.1. The van der Waals surface area contributed by atoms with E-state index in [1.54, 1.807) is 12.3 Å². The first kappa shape index (κ1) is 18.6. The quantitative estimate of drug-likeness (QED) is 0.735. The number of furan rings is 1. The zero-order valence-electron chi connectivity index (χ0n) is 14.9. The van der Waals surface area contributed by atoms with Gasteiger partial charge in [-0.05, 0) is 24.3 Å². The van der Waals surface area contributed by atoms with Gasteiger partial charge in [-0.25, -0.2) is 9.97 Å². The van der Waals surface area contributed by atoms with Crippen LogP contribution in [0.5, 0.6) is 0 Å². The van der Waals surface area contributed by atoms with Crippen molar-refractivity contribution in [3.63, 3.8) is 0 Å². The van der Waals surface area contributed by atoms with Crippen LogP contribution < -0.4 is 0 Å². The van der Waals surface area contributed by atoms with E-state index in [0.717, 1.165) is 42.1 Å². The highest BCUT2D eigenvalue weighted by Gasteiger charge is 2.30. The smallest absolute Gasteiger partial charge is 0.416 e. The first-order chi connectivity index (χ1) is 13.4. The second kappa shape index (κ2) is 7.37. The third kappa shape index (κ3) is 3.93. The number of hydrogen-bond acceptors (Lipinski definition) is 5. The molecule has 1 aromatic carbocycles. The lowest BCUT2D eigenvalue weighted by Crippen LogP contribution is -2.30. The molecule has 0 radical (unpaired) electrons. The zero-order chi connectivity index (χ0) is 19.7. The molecule has 3 heterocycles. The molecule has 0 unspecified atom stereocenters. The van der Waals surface area contributed by atoms with Crippen molar-refractivity contribution < 1.29 is 22.7 Å². The number of aliphatic hydroxyl groups is 1. The van der Waals surface area contributed by atoms with Crippen LogP contribution in [0, 0.1) is 0 Å². The summed E-state index contributed by atoms with van der Waals surface area (Å²) in [5.41, 5.74) is 1.78. The highest BCUT2D eigenvalue weighted by atomic mass is 19.4. The average Bonchev–Trinajstić information content (AvgIpc) is 3.14. The SMILES string of the molecule is OCc1ccc(CN2CCc3nc(-c4ccc(C(F)(F)F)cc4)ncc3C2)o1. The molecule has 4 rings (SSSR count). The molecule has 0 saturated heterocycles. The van der Waals surface area contributed by atoms with Crippen LogP contribution >= 0.6 is 0 Å². The summed E-state index contributed by atoms with van der Waals surface area (Å²) in [5, 5.41) is 9.08. The van der Waals surface area contributed by atoms with Crippen molar-refractivity contribution in [3.05, 3.63) is 70.9 Å². The van der Waals surface area contributed by atoms with E-state index >= 15 is 0 Å². The van der Waals surface area contributed by atoms with Crippen LogP contribution in [0.25, 0.3) is 11.4 Å². The van der Waals surface area contributed by atoms with Crippen molar-refractivity contribution in [2.24, 2.45) is 0 Å². The number of alkyl halides is 3. The second-order valence-electron chi connectivity index (χ2n) is 6.73. The van der Waals surface area contributed by atoms with Gasteiger partial charge in [-0.3, -0.25) is 4.90 Å². The highest BCUT2D eigenvalue weighted by molar-refractivity contribution is 5.56. The Morgan fingerprint density at radius 2 is 1.82 bits per heavy atom.